The van der Waals surface area contributed by atoms with Crippen LogP contribution < -0.4 is 5.73 Å². The van der Waals surface area contributed by atoms with E-state index >= 15 is 0 Å². The molecule has 1 unspecified atom stereocenters. The summed E-state index contributed by atoms with van der Waals surface area (Å²) in [6, 6.07) is 0.0178. The number of aliphatic carboxylic acids is 1. The molecule has 0 saturated carbocycles. The highest BCUT2D eigenvalue weighted by Gasteiger charge is 2.14. The summed E-state index contributed by atoms with van der Waals surface area (Å²) in [5.74, 6) is -0.751. The summed E-state index contributed by atoms with van der Waals surface area (Å²) < 4.78 is 0. The third-order valence-corrected chi connectivity index (χ3v) is 2.67. The first-order chi connectivity index (χ1) is 6.68. The Hall–Kier alpha value is -0.610. The standard InChI is InChI=1S/C10H20N2O2/c11-9(4-5-10(13)14)8-12-6-2-1-3-7-12/h9H,1-8,11H2,(H,13,14). The van der Waals surface area contributed by atoms with Crippen molar-refractivity contribution in [2.24, 2.45) is 5.73 Å². The molecule has 1 aliphatic heterocycles. The molecule has 0 bridgehead atoms. The Bertz CT molecular complexity index is 179. The average molecular weight is 200 g/mol. The maximum absolute atomic E-state index is 10.3. The fourth-order valence-corrected chi connectivity index (χ4v) is 1.87. The van der Waals surface area contributed by atoms with Gasteiger partial charge in [-0.05, 0) is 32.4 Å². The molecule has 1 atom stereocenters. The van der Waals surface area contributed by atoms with Gasteiger partial charge in [-0.25, -0.2) is 0 Å². The van der Waals surface area contributed by atoms with E-state index in [2.05, 4.69) is 4.90 Å². The predicted octanol–water partition coefficient (Wildman–Crippen LogP) is 0.664. The summed E-state index contributed by atoms with van der Waals surface area (Å²) in [5, 5.41) is 8.50. The Labute approximate surface area is 85.1 Å². The molecule has 1 heterocycles. The normalized spacial score (nSPS) is 20.6. The van der Waals surface area contributed by atoms with E-state index in [9.17, 15) is 4.79 Å². The van der Waals surface area contributed by atoms with Gasteiger partial charge in [-0.1, -0.05) is 6.42 Å². The van der Waals surface area contributed by atoms with Crippen molar-refractivity contribution in [3.05, 3.63) is 0 Å². The third kappa shape index (κ3) is 4.58. The third-order valence-electron chi connectivity index (χ3n) is 2.67. The molecular formula is C10H20N2O2. The van der Waals surface area contributed by atoms with Gasteiger partial charge in [-0.3, -0.25) is 4.79 Å². The molecule has 1 aliphatic rings. The first kappa shape index (κ1) is 11.5. The molecule has 0 aliphatic carbocycles. The first-order valence-corrected chi connectivity index (χ1v) is 5.38. The summed E-state index contributed by atoms with van der Waals surface area (Å²) in [4.78, 5) is 12.7. The zero-order chi connectivity index (χ0) is 10.4. The highest BCUT2D eigenvalue weighted by atomic mass is 16.4. The van der Waals surface area contributed by atoms with E-state index in [4.69, 9.17) is 10.8 Å². The number of carboxylic acids is 1. The smallest absolute Gasteiger partial charge is 0.303 e. The second kappa shape index (κ2) is 5.98. The summed E-state index contributed by atoms with van der Waals surface area (Å²) in [7, 11) is 0. The number of hydrogen-bond donors (Lipinski definition) is 2. The van der Waals surface area contributed by atoms with Gasteiger partial charge < -0.3 is 15.7 Å². The number of nitrogens with zero attached hydrogens (tertiary/aromatic N) is 1. The first-order valence-electron chi connectivity index (χ1n) is 5.38. The molecule has 82 valence electrons. The maximum Gasteiger partial charge on any atom is 0.303 e. The lowest BCUT2D eigenvalue weighted by molar-refractivity contribution is -0.137. The van der Waals surface area contributed by atoms with Crippen LogP contribution in [0.5, 0.6) is 0 Å². The lowest BCUT2D eigenvalue weighted by atomic mass is 10.1. The second-order valence-corrected chi connectivity index (χ2v) is 4.05. The molecule has 1 fully saturated rings. The molecule has 0 aromatic heterocycles. The second-order valence-electron chi connectivity index (χ2n) is 4.05. The average Bonchev–Trinajstić information content (AvgIpc) is 2.16. The van der Waals surface area contributed by atoms with Crippen LogP contribution in [-0.2, 0) is 4.79 Å². The van der Waals surface area contributed by atoms with Crippen LogP contribution >= 0.6 is 0 Å². The van der Waals surface area contributed by atoms with Crippen molar-refractivity contribution < 1.29 is 9.90 Å². The Morgan fingerprint density at radius 2 is 2.00 bits per heavy atom. The Balaban J connectivity index is 2.11. The minimum absolute atomic E-state index is 0.0178. The van der Waals surface area contributed by atoms with Gasteiger partial charge in [-0.15, -0.1) is 0 Å². The Morgan fingerprint density at radius 1 is 1.36 bits per heavy atom. The van der Waals surface area contributed by atoms with Gasteiger partial charge >= 0.3 is 5.97 Å². The number of hydrogen-bond acceptors (Lipinski definition) is 3. The summed E-state index contributed by atoms with van der Waals surface area (Å²) in [5.41, 5.74) is 5.85. The summed E-state index contributed by atoms with van der Waals surface area (Å²) >= 11 is 0. The Kier molecular flexibility index (Phi) is 4.90. The molecule has 0 aromatic rings. The van der Waals surface area contributed by atoms with Crippen LogP contribution in [-0.4, -0.2) is 41.7 Å². The van der Waals surface area contributed by atoms with Gasteiger partial charge in [-0.2, -0.15) is 0 Å². The molecule has 1 saturated heterocycles. The van der Waals surface area contributed by atoms with E-state index in [-0.39, 0.29) is 12.5 Å². The molecule has 0 aromatic carbocycles. The van der Waals surface area contributed by atoms with Gasteiger partial charge in [0, 0.05) is 19.0 Å². The molecule has 1 rings (SSSR count). The largest absolute Gasteiger partial charge is 0.481 e. The lowest BCUT2D eigenvalue weighted by Gasteiger charge is -2.28. The van der Waals surface area contributed by atoms with E-state index in [1.807, 2.05) is 0 Å². The van der Waals surface area contributed by atoms with Crippen molar-refractivity contribution in [2.45, 2.75) is 38.1 Å². The number of carbonyl (C=O) groups is 1. The van der Waals surface area contributed by atoms with Crippen molar-refractivity contribution in [1.82, 2.24) is 4.90 Å². The van der Waals surface area contributed by atoms with Crippen LogP contribution in [0.3, 0.4) is 0 Å². The number of rotatable bonds is 5. The lowest BCUT2D eigenvalue weighted by Crippen LogP contribution is -2.40. The van der Waals surface area contributed by atoms with Crippen LogP contribution in [0.1, 0.15) is 32.1 Å². The predicted molar refractivity (Wildman–Crippen MR) is 55.1 cm³/mol. The van der Waals surface area contributed by atoms with Crippen molar-refractivity contribution >= 4 is 5.97 Å². The SMILES string of the molecule is NC(CCC(=O)O)CN1CCCCC1. The molecule has 14 heavy (non-hydrogen) atoms. The summed E-state index contributed by atoms with van der Waals surface area (Å²) in [6.45, 7) is 3.11. The summed E-state index contributed by atoms with van der Waals surface area (Å²) in [6.07, 6.45) is 4.61. The van der Waals surface area contributed by atoms with Crippen LogP contribution in [0, 0.1) is 0 Å². The molecular weight excluding hydrogens is 180 g/mol. The van der Waals surface area contributed by atoms with Crippen LogP contribution in [0.25, 0.3) is 0 Å². The van der Waals surface area contributed by atoms with Gasteiger partial charge in [0.2, 0.25) is 0 Å². The molecule has 3 N–H and O–H groups in total. The number of piperidine rings is 1. The van der Waals surface area contributed by atoms with Crippen molar-refractivity contribution in [3.63, 3.8) is 0 Å². The van der Waals surface area contributed by atoms with Gasteiger partial charge in [0.1, 0.15) is 0 Å². The van der Waals surface area contributed by atoms with Crippen LogP contribution in [0.15, 0.2) is 0 Å². The van der Waals surface area contributed by atoms with E-state index in [1.165, 1.54) is 19.3 Å². The van der Waals surface area contributed by atoms with Gasteiger partial charge in [0.25, 0.3) is 0 Å². The van der Waals surface area contributed by atoms with Crippen LogP contribution in [0.2, 0.25) is 0 Å². The van der Waals surface area contributed by atoms with Crippen molar-refractivity contribution in [3.8, 4) is 0 Å². The maximum atomic E-state index is 10.3. The molecule has 0 amide bonds. The van der Waals surface area contributed by atoms with Gasteiger partial charge in [0.05, 0.1) is 0 Å². The zero-order valence-corrected chi connectivity index (χ0v) is 8.61. The monoisotopic (exact) mass is 200 g/mol. The molecule has 0 spiro atoms. The minimum Gasteiger partial charge on any atom is -0.481 e. The highest BCUT2D eigenvalue weighted by Crippen LogP contribution is 2.09. The molecule has 0 radical (unpaired) electrons. The fourth-order valence-electron chi connectivity index (χ4n) is 1.87. The fraction of sp³-hybridized carbons (Fsp3) is 0.900. The molecule has 4 nitrogen and oxygen atoms in total. The van der Waals surface area contributed by atoms with Crippen molar-refractivity contribution in [2.75, 3.05) is 19.6 Å². The zero-order valence-electron chi connectivity index (χ0n) is 8.61. The number of nitrogens with two attached hydrogens (primary N) is 1. The van der Waals surface area contributed by atoms with Crippen molar-refractivity contribution in [1.29, 1.82) is 0 Å². The Morgan fingerprint density at radius 3 is 2.57 bits per heavy atom. The topological polar surface area (TPSA) is 66.6 Å². The number of carboxylic acid groups (broad SMARTS) is 1. The number of likely N-dealkylation sites (tertiary alicyclic amines) is 1. The highest BCUT2D eigenvalue weighted by molar-refractivity contribution is 5.66. The quantitative estimate of drug-likeness (QED) is 0.684. The minimum atomic E-state index is -0.751. The van der Waals surface area contributed by atoms with E-state index in [0.29, 0.717) is 6.42 Å². The van der Waals surface area contributed by atoms with E-state index < -0.39 is 5.97 Å². The molecule has 4 heteroatoms. The van der Waals surface area contributed by atoms with Gasteiger partial charge in [0.15, 0.2) is 0 Å². The van der Waals surface area contributed by atoms with Crippen LogP contribution in [0.4, 0.5) is 0 Å². The van der Waals surface area contributed by atoms with E-state index in [0.717, 1.165) is 19.6 Å². The van der Waals surface area contributed by atoms with E-state index in [1.54, 1.807) is 0 Å².